The first-order chi connectivity index (χ1) is 10.3. The maximum absolute atomic E-state index is 5.94. The fourth-order valence-electron chi connectivity index (χ4n) is 2.99. The second-order valence-electron chi connectivity index (χ2n) is 5.71. The Morgan fingerprint density at radius 2 is 2.14 bits per heavy atom. The Labute approximate surface area is 126 Å². The van der Waals surface area contributed by atoms with E-state index in [9.17, 15) is 0 Å². The molecular formula is C17H22N4. The van der Waals surface area contributed by atoms with Gasteiger partial charge in [-0.2, -0.15) is 0 Å². The minimum Gasteiger partial charge on any atom is -0.355 e. The molecule has 2 N–H and O–H groups in total. The van der Waals surface area contributed by atoms with E-state index in [1.165, 1.54) is 29.7 Å². The average molecular weight is 282 g/mol. The summed E-state index contributed by atoms with van der Waals surface area (Å²) < 4.78 is 0. The lowest BCUT2D eigenvalue weighted by atomic mass is 9.94. The van der Waals surface area contributed by atoms with E-state index in [4.69, 9.17) is 10.7 Å². The molecule has 0 aromatic carbocycles. The molecule has 1 aliphatic rings. The molecule has 0 atom stereocenters. The van der Waals surface area contributed by atoms with Crippen LogP contribution in [-0.4, -0.2) is 17.0 Å². The van der Waals surface area contributed by atoms with Crippen molar-refractivity contribution in [1.29, 1.82) is 0 Å². The van der Waals surface area contributed by atoms with Crippen molar-refractivity contribution in [2.24, 2.45) is 5.73 Å². The van der Waals surface area contributed by atoms with Crippen molar-refractivity contribution in [3.05, 3.63) is 53.0 Å². The Bertz CT molecular complexity index is 610. The number of pyridine rings is 2. The van der Waals surface area contributed by atoms with Crippen LogP contribution in [0.25, 0.3) is 0 Å². The van der Waals surface area contributed by atoms with Gasteiger partial charge in [0.2, 0.25) is 0 Å². The molecule has 0 aliphatic heterocycles. The molecule has 0 saturated heterocycles. The van der Waals surface area contributed by atoms with Gasteiger partial charge in [-0.25, -0.2) is 4.98 Å². The van der Waals surface area contributed by atoms with Crippen LogP contribution < -0.4 is 10.6 Å². The lowest BCUT2D eigenvalue weighted by molar-refractivity contribution is 0.663. The van der Waals surface area contributed by atoms with E-state index >= 15 is 0 Å². The molecule has 2 aromatic heterocycles. The van der Waals surface area contributed by atoms with Crippen LogP contribution in [0.2, 0.25) is 0 Å². The number of nitrogens with zero attached hydrogens (tertiary/aromatic N) is 3. The van der Waals surface area contributed by atoms with Gasteiger partial charge in [0.05, 0.1) is 0 Å². The van der Waals surface area contributed by atoms with Crippen molar-refractivity contribution in [2.75, 3.05) is 11.9 Å². The monoisotopic (exact) mass is 282 g/mol. The summed E-state index contributed by atoms with van der Waals surface area (Å²) in [4.78, 5) is 11.3. The molecule has 0 bridgehead atoms. The van der Waals surface area contributed by atoms with Gasteiger partial charge in [-0.05, 0) is 48.9 Å². The summed E-state index contributed by atoms with van der Waals surface area (Å²) in [5, 5.41) is 0. The number of hydrogen-bond donors (Lipinski definition) is 1. The largest absolute Gasteiger partial charge is 0.355 e. The predicted octanol–water partition coefficient (Wildman–Crippen LogP) is 2.45. The summed E-state index contributed by atoms with van der Waals surface area (Å²) in [7, 11) is 2.07. The third-order valence-corrected chi connectivity index (χ3v) is 4.08. The summed E-state index contributed by atoms with van der Waals surface area (Å²) in [6.07, 6.45) is 8.44. The molecule has 1 aliphatic carbocycles. The SMILES string of the molecule is CN(Cc1cccnc1)c1nc2c(cc1CN)CCCC2. The Balaban J connectivity index is 1.89. The van der Waals surface area contributed by atoms with Gasteiger partial charge < -0.3 is 10.6 Å². The summed E-state index contributed by atoms with van der Waals surface area (Å²) in [6.45, 7) is 1.33. The third-order valence-electron chi connectivity index (χ3n) is 4.08. The normalized spacial score (nSPS) is 13.8. The maximum Gasteiger partial charge on any atom is 0.133 e. The Morgan fingerprint density at radius 3 is 2.90 bits per heavy atom. The first-order valence-electron chi connectivity index (χ1n) is 7.59. The zero-order valence-corrected chi connectivity index (χ0v) is 12.5. The van der Waals surface area contributed by atoms with Crippen LogP contribution in [0.4, 0.5) is 5.82 Å². The zero-order valence-electron chi connectivity index (χ0n) is 12.5. The quantitative estimate of drug-likeness (QED) is 0.936. The molecule has 3 rings (SSSR count). The molecule has 21 heavy (non-hydrogen) atoms. The third kappa shape index (κ3) is 3.05. The van der Waals surface area contributed by atoms with Crippen molar-refractivity contribution in [1.82, 2.24) is 9.97 Å². The second-order valence-corrected chi connectivity index (χ2v) is 5.71. The van der Waals surface area contributed by atoms with Gasteiger partial charge in [-0.15, -0.1) is 0 Å². The highest BCUT2D eigenvalue weighted by atomic mass is 15.2. The number of aromatic nitrogens is 2. The molecule has 4 nitrogen and oxygen atoms in total. The molecule has 0 amide bonds. The van der Waals surface area contributed by atoms with Gasteiger partial charge in [0.1, 0.15) is 5.82 Å². The molecule has 0 unspecified atom stereocenters. The highest BCUT2D eigenvalue weighted by molar-refractivity contribution is 5.50. The highest BCUT2D eigenvalue weighted by Gasteiger charge is 2.16. The molecule has 0 fully saturated rings. The van der Waals surface area contributed by atoms with Crippen molar-refractivity contribution >= 4 is 5.82 Å². The van der Waals surface area contributed by atoms with E-state index in [0.717, 1.165) is 30.8 Å². The molecule has 0 spiro atoms. The predicted molar refractivity (Wildman–Crippen MR) is 85.1 cm³/mol. The van der Waals surface area contributed by atoms with Crippen molar-refractivity contribution < 1.29 is 0 Å². The zero-order chi connectivity index (χ0) is 14.7. The topological polar surface area (TPSA) is 55.0 Å². The van der Waals surface area contributed by atoms with Gasteiger partial charge in [0.25, 0.3) is 0 Å². The van der Waals surface area contributed by atoms with Gasteiger partial charge in [-0.3, -0.25) is 4.98 Å². The van der Waals surface area contributed by atoms with E-state index in [1.807, 2.05) is 12.3 Å². The molecule has 0 radical (unpaired) electrons. The van der Waals surface area contributed by atoms with E-state index in [-0.39, 0.29) is 0 Å². The average Bonchev–Trinajstić information content (AvgIpc) is 2.54. The summed E-state index contributed by atoms with van der Waals surface area (Å²) in [5.74, 6) is 1.02. The number of anilines is 1. The molecule has 0 saturated carbocycles. The van der Waals surface area contributed by atoms with E-state index in [0.29, 0.717) is 6.54 Å². The van der Waals surface area contributed by atoms with Crippen molar-refractivity contribution in [2.45, 2.75) is 38.8 Å². The van der Waals surface area contributed by atoms with Gasteiger partial charge >= 0.3 is 0 Å². The number of rotatable bonds is 4. The first-order valence-corrected chi connectivity index (χ1v) is 7.59. The van der Waals surface area contributed by atoms with E-state index < -0.39 is 0 Å². The molecule has 110 valence electrons. The number of aryl methyl sites for hydroxylation is 2. The van der Waals surface area contributed by atoms with Crippen LogP contribution in [0.3, 0.4) is 0 Å². The van der Waals surface area contributed by atoms with Crippen LogP contribution in [0.5, 0.6) is 0 Å². The van der Waals surface area contributed by atoms with Gasteiger partial charge in [0, 0.05) is 43.8 Å². The highest BCUT2D eigenvalue weighted by Crippen LogP contribution is 2.26. The van der Waals surface area contributed by atoms with Gasteiger partial charge in [0.15, 0.2) is 0 Å². The first kappa shape index (κ1) is 14.0. The molecule has 2 aromatic rings. The minimum absolute atomic E-state index is 0.535. The maximum atomic E-state index is 5.94. The van der Waals surface area contributed by atoms with Gasteiger partial charge in [-0.1, -0.05) is 6.07 Å². The number of fused-ring (bicyclic) bond motifs is 1. The fourth-order valence-corrected chi connectivity index (χ4v) is 2.99. The van der Waals surface area contributed by atoms with E-state index in [1.54, 1.807) is 6.20 Å². The van der Waals surface area contributed by atoms with Crippen LogP contribution in [0, 0.1) is 0 Å². The Morgan fingerprint density at radius 1 is 1.29 bits per heavy atom. The minimum atomic E-state index is 0.535. The van der Waals surface area contributed by atoms with Crippen LogP contribution in [0.1, 0.15) is 35.2 Å². The summed E-state index contributed by atoms with van der Waals surface area (Å²) >= 11 is 0. The fraction of sp³-hybridized carbons (Fsp3) is 0.412. The standard InChI is InChI=1S/C17H22N4/c1-21(12-13-5-4-8-19-11-13)17-15(10-18)9-14-6-2-3-7-16(14)20-17/h4-5,8-9,11H,2-3,6-7,10,12,18H2,1H3. The van der Waals surface area contributed by atoms with Crippen molar-refractivity contribution in [3.63, 3.8) is 0 Å². The number of hydrogen-bond acceptors (Lipinski definition) is 4. The van der Waals surface area contributed by atoms with Crippen LogP contribution >= 0.6 is 0 Å². The lowest BCUT2D eigenvalue weighted by Gasteiger charge is -2.24. The Hall–Kier alpha value is -1.94. The van der Waals surface area contributed by atoms with Crippen LogP contribution in [-0.2, 0) is 25.9 Å². The smallest absolute Gasteiger partial charge is 0.133 e. The van der Waals surface area contributed by atoms with E-state index in [2.05, 4.69) is 29.1 Å². The molecule has 2 heterocycles. The second kappa shape index (κ2) is 6.22. The Kier molecular flexibility index (Phi) is 4.15. The molecular weight excluding hydrogens is 260 g/mol. The molecule has 4 heteroatoms. The van der Waals surface area contributed by atoms with Crippen molar-refractivity contribution in [3.8, 4) is 0 Å². The summed E-state index contributed by atoms with van der Waals surface area (Å²) in [6, 6.07) is 6.31. The lowest BCUT2D eigenvalue weighted by Crippen LogP contribution is -2.22. The number of nitrogens with two attached hydrogens (primary N) is 1. The summed E-state index contributed by atoms with van der Waals surface area (Å²) in [5.41, 5.74) is 10.9. The van der Waals surface area contributed by atoms with Crippen LogP contribution in [0.15, 0.2) is 30.6 Å².